The Morgan fingerprint density at radius 2 is 2.33 bits per heavy atom. The Bertz CT molecular complexity index is 314. The summed E-state index contributed by atoms with van der Waals surface area (Å²) in [5.41, 5.74) is 5.86. The van der Waals surface area contributed by atoms with E-state index in [9.17, 15) is 4.79 Å². The molecule has 0 aliphatic rings. The summed E-state index contributed by atoms with van der Waals surface area (Å²) in [6.45, 7) is 0. The van der Waals surface area contributed by atoms with Crippen LogP contribution in [-0.4, -0.2) is 18.1 Å². The number of nitrogens with two attached hydrogens (primary N) is 1. The number of anilines is 1. The zero-order valence-corrected chi connectivity index (χ0v) is 7.13. The van der Waals surface area contributed by atoms with Gasteiger partial charge in [-0.1, -0.05) is 11.6 Å². The third-order valence-electron chi connectivity index (χ3n) is 1.34. The van der Waals surface area contributed by atoms with Gasteiger partial charge in [0.05, 0.1) is 17.8 Å². The van der Waals surface area contributed by atoms with E-state index in [1.54, 1.807) is 0 Å². The average molecular weight is 187 g/mol. The van der Waals surface area contributed by atoms with Gasteiger partial charge in [0, 0.05) is 12.4 Å². The third-order valence-corrected chi connectivity index (χ3v) is 1.65. The molecule has 0 fully saturated rings. The van der Waals surface area contributed by atoms with Crippen LogP contribution in [0.15, 0.2) is 12.4 Å². The Balaban J connectivity index is 3.16. The second-order valence-corrected chi connectivity index (χ2v) is 2.48. The Morgan fingerprint density at radius 1 is 1.67 bits per heavy atom. The second-order valence-electron chi connectivity index (χ2n) is 2.07. The molecule has 0 aliphatic carbocycles. The van der Waals surface area contributed by atoms with Gasteiger partial charge in [0.2, 0.25) is 0 Å². The highest BCUT2D eigenvalue weighted by molar-refractivity contribution is 6.33. The molecule has 4 nitrogen and oxygen atoms in total. The molecular weight excluding hydrogens is 180 g/mol. The van der Waals surface area contributed by atoms with Crippen molar-refractivity contribution in [2.24, 2.45) is 0 Å². The van der Waals surface area contributed by atoms with E-state index in [1.165, 1.54) is 19.5 Å². The molecule has 0 atom stereocenters. The lowest BCUT2D eigenvalue weighted by molar-refractivity contribution is 0.0601. The molecule has 64 valence electrons. The van der Waals surface area contributed by atoms with Gasteiger partial charge in [0.1, 0.15) is 5.56 Å². The average Bonchev–Trinajstić information content (AvgIpc) is 2.08. The molecule has 5 heteroatoms. The number of carbonyl (C=O) groups is 1. The minimum atomic E-state index is -0.539. The second kappa shape index (κ2) is 3.40. The molecule has 1 heterocycles. The first kappa shape index (κ1) is 8.80. The number of hydrogen-bond donors (Lipinski definition) is 1. The predicted molar refractivity (Wildman–Crippen MR) is 45.0 cm³/mol. The van der Waals surface area contributed by atoms with Crippen molar-refractivity contribution in [2.75, 3.05) is 12.8 Å². The van der Waals surface area contributed by atoms with Gasteiger partial charge in [-0.2, -0.15) is 0 Å². The van der Waals surface area contributed by atoms with E-state index in [2.05, 4.69) is 9.72 Å². The number of aromatic nitrogens is 1. The van der Waals surface area contributed by atoms with Crippen LogP contribution in [0, 0.1) is 0 Å². The zero-order valence-electron chi connectivity index (χ0n) is 6.37. The maximum Gasteiger partial charge on any atom is 0.341 e. The molecule has 0 aliphatic heterocycles. The molecule has 0 radical (unpaired) electrons. The molecule has 1 aromatic heterocycles. The fraction of sp³-hybridized carbons (Fsp3) is 0.143. The van der Waals surface area contributed by atoms with E-state index in [1.807, 2.05) is 0 Å². The highest BCUT2D eigenvalue weighted by atomic mass is 35.5. The fourth-order valence-electron chi connectivity index (χ4n) is 0.718. The number of nitrogen functional groups attached to an aromatic ring is 1. The van der Waals surface area contributed by atoms with Crippen molar-refractivity contribution in [2.45, 2.75) is 0 Å². The standard InChI is InChI=1S/C7H7ClN2O2/c1-12-7(11)4-2-10-3-5(8)6(4)9/h2-3H,1H3,(H2,9,10). The van der Waals surface area contributed by atoms with Crippen molar-refractivity contribution < 1.29 is 9.53 Å². The maximum absolute atomic E-state index is 11.0. The van der Waals surface area contributed by atoms with Gasteiger partial charge in [-0.05, 0) is 0 Å². The van der Waals surface area contributed by atoms with E-state index in [0.717, 1.165) is 0 Å². The predicted octanol–water partition coefficient (Wildman–Crippen LogP) is 1.10. The van der Waals surface area contributed by atoms with Gasteiger partial charge in [0.15, 0.2) is 0 Å². The Labute approximate surface area is 74.3 Å². The number of nitrogens with zero attached hydrogens (tertiary/aromatic N) is 1. The number of esters is 1. The van der Waals surface area contributed by atoms with Crippen LogP contribution in [0.1, 0.15) is 10.4 Å². The number of hydrogen-bond acceptors (Lipinski definition) is 4. The first-order valence-electron chi connectivity index (χ1n) is 3.14. The van der Waals surface area contributed by atoms with Crippen molar-refractivity contribution in [3.05, 3.63) is 23.0 Å². The zero-order chi connectivity index (χ0) is 9.14. The van der Waals surface area contributed by atoms with Crippen LogP contribution in [-0.2, 0) is 4.74 Å². The number of ether oxygens (including phenoxy) is 1. The number of halogens is 1. The first-order valence-corrected chi connectivity index (χ1v) is 3.52. The van der Waals surface area contributed by atoms with E-state index in [-0.39, 0.29) is 16.3 Å². The monoisotopic (exact) mass is 186 g/mol. The molecule has 0 bridgehead atoms. The molecule has 0 spiro atoms. The van der Waals surface area contributed by atoms with Crippen LogP contribution in [0.2, 0.25) is 5.02 Å². The van der Waals surface area contributed by atoms with Crippen molar-refractivity contribution >= 4 is 23.3 Å². The summed E-state index contributed by atoms with van der Waals surface area (Å²) < 4.78 is 4.45. The number of carbonyl (C=O) groups excluding carboxylic acids is 1. The Hall–Kier alpha value is -1.29. The minimum absolute atomic E-state index is 0.185. The molecule has 0 saturated heterocycles. The molecule has 0 unspecified atom stereocenters. The van der Waals surface area contributed by atoms with E-state index >= 15 is 0 Å². The first-order chi connectivity index (χ1) is 5.66. The summed E-state index contributed by atoms with van der Waals surface area (Å²) in [6.07, 6.45) is 2.68. The van der Waals surface area contributed by atoms with Crippen LogP contribution in [0.4, 0.5) is 5.69 Å². The SMILES string of the molecule is COC(=O)c1cncc(Cl)c1N. The molecule has 0 saturated carbocycles. The summed E-state index contributed by atoms with van der Waals surface area (Å²) in [5, 5.41) is 0.248. The van der Waals surface area contributed by atoms with Crippen LogP contribution in [0.5, 0.6) is 0 Å². The van der Waals surface area contributed by atoms with Gasteiger partial charge >= 0.3 is 5.97 Å². The third kappa shape index (κ3) is 1.48. The highest BCUT2D eigenvalue weighted by Crippen LogP contribution is 2.20. The van der Waals surface area contributed by atoms with Crippen LogP contribution >= 0.6 is 11.6 Å². The van der Waals surface area contributed by atoms with Gasteiger partial charge in [0.25, 0.3) is 0 Å². The van der Waals surface area contributed by atoms with Gasteiger partial charge in [-0.3, -0.25) is 4.98 Å². The normalized spacial score (nSPS) is 9.50. The van der Waals surface area contributed by atoms with Gasteiger partial charge < -0.3 is 10.5 Å². The molecule has 0 aromatic carbocycles. The largest absolute Gasteiger partial charge is 0.465 e. The van der Waals surface area contributed by atoms with Crippen molar-refractivity contribution in [3.63, 3.8) is 0 Å². The summed E-state index contributed by atoms with van der Waals surface area (Å²) in [4.78, 5) is 14.7. The van der Waals surface area contributed by atoms with E-state index < -0.39 is 5.97 Å². The lowest BCUT2D eigenvalue weighted by Crippen LogP contribution is -2.06. The summed E-state index contributed by atoms with van der Waals surface area (Å²) >= 11 is 5.62. The summed E-state index contributed by atoms with van der Waals surface area (Å²) in [6, 6.07) is 0. The summed E-state index contributed by atoms with van der Waals surface area (Å²) in [5.74, 6) is -0.539. The minimum Gasteiger partial charge on any atom is -0.465 e. The molecule has 1 rings (SSSR count). The van der Waals surface area contributed by atoms with E-state index in [0.29, 0.717) is 0 Å². The number of pyridine rings is 1. The maximum atomic E-state index is 11.0. The molecular formula is C7H7ClN2O2. The smallest absolute Gasteiger partial charge is 0.341 e. The molecule has 12 heavy (non-hydrogen) atoms. The number of methoxy groups -OCH3 is 1. The topological polar surface area (TPSA) is 65.2 Å². The van der Waals surface area contributed by atoms with Gasteiger partial charge in [-0.15, -0.1) is 0 Å². The van der Waals surface area contributed by atoms with Crippen molar-refractivity contribution in [1.82, 2.24) is 4.98 Å². The van der Waals surface area contributed by atoms with Gasteiger partial charge in [-0.25, -0.2) is 4.79 Å². The van der Waals surface area contributed by atoms with Crippen LogP contribution < -0.4 is 5.73 Å². The summed E-state index contributed by atoms with van der Waals surface area (Å²) in [7, 11) is 1.27. The molecule has 0 amide bonds. The fourth-order valence-corrected chi connectivity index (χ4v) is 0.876. The van der Waals surface area contributed by atoms with Crippen molar-refractivity contribution in [3.8, 4) is 0 Å². The molecule has 2 N–H and O–H groups in total. The van der Waals surface area contributed by atoms with Crippen LogP contribution in [0.3, 0.4) is 0 Å². The molecule has 1 aromatic rings. The highest BCUT2D eigenvalue weighted by Gasteiger charge is 2.11. The van der Waals surface area contributed by atoms with Crippen molar-refractivity contribution in [1.29, 1.82) is 0 Å². The van der Waals surface area contributed by atoms with Crippen LogP contribution in [0.25, 0.3) is 0 Å². The Kier molecular flexibility index (Phi) is 2.50. The number of rotatable bonds is 1. The Morgan fingerprint density at radius 3 is 2.92 bits per heavy atom. The lowest BCUT2D eigenvalue weighted by atomic mass is 10.2. The van der Waals surface area contributed by atoms with E-state index in [4.69, 9.17) is 17.3 Å². The lowest BCUT2D eigenvalue weighted by Gasteiger charge is -2.02. The quantitative estimate of drug-likeness (QED) is 0.668.